The van der Waals surface area contributed by atoms with Gasteiger partial charge in [-0.3, -0.25) is 0 Å². The molecule has 102 valence electrons. The predicted octanol–water partition coefficient (Wildman–Crippen LogP) is 1.55. The summed E-state index contributed by atoms with van der Waals surface area (Å²) >= 11 is 0. The van der Waals surface area contributed by atoms with Crippen molar-refractivity contribution in [2.24, 2.45) is 5.14 Å². The molecule has 0 unspecified atom stereocenters. The Hall–Kier alpha value is -1.99. The summed E-state index contributed by atoms with van der Waals surface area (Å²) in [5.74, 6) is 0.647. The monoisotopic (exact) mass is 282 g/mol. The summed E-state index contributed by atoms with van der Waals surface area (Å²) < 4.78 is 27.2. The number of aryl methyl sites for hydroxylation is 1. The Morgan fingerprint density at radius 1 is 1.32 bits per heavy atom. The average molecular weight is 282 g/mol. The van der Waals surface area contributed by atoms with Crippen LogP contribution < -0.4 is 10.5 Å². The quantitative estimate of drug-likeness (QED) is 0.738. The molecule has 2 rings (SSSR count). The van der Waals surface area contributed by atoms with Gasteiger partial charge in [0.1, 0.15) is 11.5 Å². The van der Waals surface area contributed by atoms with E-state index in [9.17, 15) is 13.5 Å². The summed E-state index contributed by atoms with van der Waals surface area (Å²) in [4.78, 5) is 0. The third-order valence-corrected chi connectivity index (χ3v) is 3.36. The number of phenolic OH excluding ortho intramolecular Hbond substituents is 1. The maximum Gasteiger partial charge on any atom is 0.271 e. The number of hydrogen-bond acceptors (Lipinski definition) is 5. The van der Waals surface area contributed by atoms with Crippen LogP contribution in [0.2, 0.25) is 0 Å². The van der Waals surface area contributed by atoms with Crippen LogP contribution >= 0.6 is 0 Å². The number of benzene rings is 1. The number of sulfonamides is 1. The van der Waals surface area contributed by atoms with Crippen LogP contribution in [0.5, 0.6) is 5.75 Å². The summed E-state index contributed by atoms with van der Waals surface area (Å²) in [7, 11) is -3.81. The molecule has 0 aliphatic rings. The van der Waals surface area contributed by atoms with E-state index in [0.29, 0.717) is 12.3 Å². The molecule has 1 aromatic heterocycles. The molecule has 6 nitrogen and oxygen atoms in total. The van der Waals surface area contributed by atoms with Gasteiger partial charge in [0.05, 0.1) is 6.54 Å². The van der Waals surface area contributed by atoms with Crippen LogP contribution in [0.25, 0.3) is 0 Å². The van der Waals surface area contributed by atoms with E-state index in [4.69, 9.17) is 9.56 Å². The predicted molar refractivity (Wildman–Crippen MR) is 70.3 cm³/mol. The molecule has 0 bridgehead atoms. The zero-order valence-corrected chi connectivity index (χ0v) is 11.1. The maximum atomic E-state index is 11.0. The van der Waals surface area contributed by atoms with Crippen molar-refractivity contribution in [1.29, 1.82) is 0 Å². The lowest BCUT2D eigenvalue weighted by Crippen LogP contribution is -2.10. The number of rotatable bonds is 4. The van der Waals surface area contributed by atoms with Crippen molar-refractivity contribution in [1.82, 2.24) is 0 Å². The fourth-order valence-electron chi connectivity index (χ4n) is 1.63. The number of anilines is 1. The van der Waals surface area contributed by atoms with Gasteiger partial charge < -0.3 is 14.8 Å². The number of hydrogen-bond donors (Lipinski definition) is 3. The molecule has 7 heteroatoms. The molecule has 4 N–H and O–H groups in total. The Morgan fingerprint density at radius 3 is 2.63 bits per heavy atom. The van der Waals surface area contributed by atoms with Crippen LogP contribution in [0.1, 0.15) is 11.3 Å². The van der Waals surface area contributed by atoms with Crippen molar-refractivity contribution in [2.75, 3.05) is 5.32 Å². The van der Waals surface area contributed by atoms with Gasteiger partial charge in [0.2, 0.25) is 5.09 Å². The van der Waals surface area contributed by atoms with Crippen LogP contribution in [0.15, 0.2) is 39.8 Å². The van der Waals surface area contributed by atoms with Gasteiger partial charge in [-0.2, -0.15) is 0 Å². The second kappa shape index (κ2) is 4.94. The number of phenols is 1. The summed E-state index contributed by atoms with van der Waals surface area (Å²) in [5, 5.41) is 17.1. The maximum absolute atomic E-state index is 11.0. The topological polar surface area (TPSA) is 106 Å². The fraction of sp³-hybridized carbons (Fsp3) is 0.167. The van der Waals surface area contributed by atoms with Gasteiger partial charge >= 0.3 is 0 Å². The minimum absolute atomic E-state index is 0.192. The number of nitrogens with two attached hydrogens (primary N) is 1. The van der Waals surface area contributed by atoms with Crippen molar-refractivity contribution >= 4 is 15.7 Å². The summed E-state index contributed by atoms with van der Waals surface area (Å²) in [5.41, 5.74) is 1.70. The molecule has 1 aromatic carbocycles. The first-order valence-corrected chi connectivity index (χ1v) is 7.06. The van der Waals surface area contributed by atoms with Crippen molar-refractivity contribution in [3.05, 3.63) is 41.7 Å². The first-order valence-electron chi connectivity index (χ1n) is 5.51. The minimum atomic E-state index is -3.81. The van der Waals surface area contributed by atoms with Gasteiger partial charge in [-0.15, -0.1) is 0 Å². The molecular formula is C12H14N2O4S. The van der Waals surface area contributed by atoms with Crippen molar-refractivity contribution in [3.8, 4) is 5.75 Å². The van der Waals surface area contributed by atoms with Gasteiger partial charge in [0, 0.05) is 5.69 Å². The van der Waals surface area contributed by atoms with Gasteiger partial charge in [-0.05, 0) is 42.8 Å². The SMILES string of the molecule is Cc1cc(O)ccc1NCc1ccc(S(N)(=O)=O)o1. The normalized spacial score (nSPS) is 11.5. The number of furan rings is 1. The molecule has 0 aliphatic carbocycles. The summed E-state index contributed by atoms with van der Waals surface area (Å²) in [6.45, 7) is 2.17. The third-order valence-electron chi connectivity index (χ3n) is 2.58. The van der Waals surface area contributed by atoms with Gasteiger partial charge in [-0.25, -0.2) is 13.6 Å². The van der Waals surface area contributed by atoms with E-state index >= 15 is 0 Å². The summed E-state index contributed by atoms with van der Waals surface area (Å²) in [6, 6.07) is 7.78. The molecule has 0 atom stereocenters. The van der Waals surface area contributed by atoms with Crippen molar-refractivity contribution in [2.45, 2.75) is 18.6 Å². The molecule has 0 saturated heterocycles. The highest BCUT2D eigenvalue weighted by Gasteiger charge is 2.13. The second-order valence-electron chi connectivity index (χ2n) is 4.12. The van der Waals surface area contributed by atoms with Crippen molar-refractivity contribution < 1.29 is 17.9 Å². The Kier molecular flexibility index (Phi) is 3.50. The Bertz CT molecular complexity index is 692. The van der Waals surface area contributed by atoms with Crippen LogP contribution in [-0.2, 0) is 16.6 Å². The molecule has 1 heterocycles. The van der Waals surface area contributed by atoms with Crippen LogP contribution in [0.4, 0.5) is 5.69 Å². The molecule has 0 fully saturated rings. The van der Waals surface area contributed by atoms with Gasteiger partial charge in [0.25, 0.3) is 10.0 Å². The van der Waals surface area contributed by atoms with Crippen LogP contribution in [0, 0.1) is 6.92 Å². The molecule has 0 aliphatic heterocycles. The standard InChI is InChI=1S/C12H14N2O4S/c1-8-6-9(15)2-4-11(8)14-7-10-3-5-12(18-10)19(13,16)17/h2-6,14-15H,7H2,1H3,(H2,13,16,17). The zero-order chi connectivity index (χ0) is 14.0. The first kappa shape index (κ1) is 13.4. The van der Waals surface area contributed by atoms with E-state index in [2.05, 4.69) is 5.32 Å². The molecule has 19 heavy (non-hydrogen) atoms. The molecule has 0 spiro atoms. The third kappa shape index (κ3) is 3.27. The second-order valence-corrected chi connectivity index (χ2v) is 5.61. The Labute approximate surface area is 110 Å². The Morgan fingerprint density at radius 2 is 2.05 bits per heavy atom. The number of aromatic hydroxyl groups is 1. The van der Waals surface area contributed by atoms with E-state index in [1.54, 1.807) is 24.3 Å². The molecule has 0 radical (unpaired) electrons. The average Bonchev–Trinajstić information content (AvgIpc) is 2.76. The van der Waals surface area contributed by atoms with Gasteiger partial charge in [0.15, 0.2) is 0 Å². The highest BCUT2D eigenvalue weighted by Crippen LogP contribution is 2.21. The van der Waals surface area contributed by atoms with Crippen LogP contribution in [0.3, 0.4) is 0 Å². The fourth-order valence-corrected chi connectivity index (χ4v) is 2.12. The molecule has 0 amide bonds. The molecule has 2 aromatic rings. The van der Waals surface area contributed by atoms with E-state index in [1.165, 1.54) is 6.07 Å². The van der Waals surface area contributed by atoms with E-state index in [0.717, 1.165) is 11.3 Å². The highest BCUT2D eigenvalue weighted by atomic mass is 32.2. The minimum Gasteiger partial charge on any atom is -0.508 e. The molecular weight excluding hydrogens is 268 g/mol. The smallest absolute Gasteiger partial charge is 0.271 e. The van der Waals surface area contributed by atoms with Crippen LogP contribution in [-0.4, -0.2) is 13.5 Å². The highest BCUT2D eigenvalue weighted by molar-refractivity contribution is 7.89. The van der Waals surface area contributed by atoms with E-state index in [-0.39, 0.29) is 10.8 Å². The van der Waals surface area contributed by atoms with E-state index in [1.807, 2.05) is 6.92 Å². The molecule has 0 saturated carbocycles. The number of nitrogens with one attached hydrogen (secondary N) is 1. The lowest BCUT2D eigenvalue weighted by atomic mass is 10.2. The first-order chi connectivity index (χ1) is 8.86. The lowest BCUT2D eigenvalue weighted by Gasteiger charge is -2.08. The van der Waals surface area contributed by atoms with Gasteiger partial charge in [-0.1, -0.05) is 0 Å². The van der Waals surface area contributed by atoms with E-state index < -0.39 is 10.0 Å². The Balaban J connectivity index is 2.09. The summed E-state index contributed by atoms with van der Waals surface area (Å²) in [6.07, 6.45) is 0. The zero-order valence-electron chi connectivity index (χ0n) is 10.3. The number of primary sulfonamides is 1. The van der Waals surface area contributed by atoms with Crippen molar-refractivity contribution in [3.63, 3.8) is 0 Å². The largest absolute Gasteiger partial charge is 0.508 e. The lowest BCUT2D eigenvalue weighted by molar-refractivity contribution is 0.419.